The number of hydrogen-bond donors (Lipinski definition) is 2. The Hall–Kier alpha value is -0.650. The Labute approximate surface area is 91.0 Å². The summed E-state index contributed by atoms with van der Waals surface area (Å²) in [5.74, 6) is 5.44. The smallest absolute Gasteiger partial charge is 0.187 e. The van der Waals surface area contributed by atoms with Gasteiger partial charge in [0.1, 0.15) is 0 Å². The lowest BCUT2D eigenvalue weighted by Gasteiger charge is -2.14. The molecule has 0 bridgehead atoms. The van der Waals surface area contributed by atoms with E-state index in [4.69, 9.17) is 18.1 Å². The maximum atomic E-state index is 5.44. The summed E-state index contributed by atoms with van der Waals surface area (Å²) in [7, 11) is 1.69. The number of rotatable bonds is 1. The summed E-state index contributed by atoms with van der Waals surface area (Å²) in [6, 6.07) is 7.71. The van der Waals surface area contributed by atoms with E-state index in [0.717, 1.165) is 10.2 Å². The second-order valence-corrected chi connectivity index (χ2v) is 3.85. The van der Waals surface area contributed by atoms with Gasteiger partial charge in [0.25, 0.3) is 0 Å². The van der Waals surface area contributed by atoms with Crippen molar-refractivity contribution in [2.45, 2.75) is 0 Å². The predicted octanol–water partition coefficient (Wildman–Crippen LogP) is 1.95. The summed E-state index contributed by atoms with van der Waals surface area (Å²) in [5, 5.41) is 4.83. The van der Waals surface area contributed by atoms with Gasteiger partial charge in [-0.3, -0.25) is 5.01 Å². The van der Waals surface area contributed by atoms with Gasteiger partial charge in [0.05, 0.1) is 0 Å². The van der Waals surface area contributed by atoms with E-state index >= 15 is 0 Å². The fourth-order valence-electron chi connectivity index (χ4n) is 0.778. The number of nitrogens with one attached hydrogen (secondary N) is 1. The molecule has 0 unspecified atom stereocenters. The number of anilines is 1. The molecule has 0 heterocycles. The molecule has 0 radical (unpaired) electrons. The molecule has 1 rings (SSSR count). The van der Waals surface area contributed by atoms with Gasteiger partial charge in [-0.25, -0.2) is 5.84 Å². The molecule has 0 saturated heterocycles. The molecule has 13 heavy (non-hydrogen) atoms. The first-order valence-corrected chi connectivity index (χ1v) is 4.84. The zero-order valence-electron chi connectivity index (χ0n) is 7.12. The molecule has 0 aliphatic heterocycles. The zero-order chi connectivity index (χ0) is 9.84. The third kappa shape index (κ3) is 3.30. The normalized spacial score (nSPS) is 9.46. The Bertz CT molecular complexity index is 314. The molecule has 0 saturated carbocycles. The van der Waals surface area contributed by atoms with Crippen LogP contribution >= 0.6 is 28.1 Å². The minimum absolute atomic E-state index is 0.484. The second kappa shape index (κ2) is 4.55. The van der Waals surface area contributed by atoms with E-state index in [2.05, 4.69) is 21.2 Å². The fourth-order valence-corrected chi connectivity index (χ4v) is 1.29. The van der Waals surface area contributed by atoms with Crippen LogP contribution in [-0.4, -0.2) is 17.2 Å². The van der Waals surface area contributed by atoms with Gasteiger partial charge in [0.2, 0.25) is 0 Å². The van der Waals surface area contributed by atoms with Gasteiger partial charge in [0, 0.05) is 17.2 Å². The van der Waals surface area contributed by atoms with Gasteiger partial charge < -0.3 is 5.32 Å². The maximum Gasteiger partial charge on any atom is 0.187 e. The Morgan fingerprint density at radius 3 is 2.85 bits per heavy atom. The highest BCUT2D eigenvalue weighted by atomic mass is 79.9. The van der Waals surface area contributed by atoms with Crippen LogP contribution < -0.4 is 11.2 Å². The Balaban J connectivity index is 2.69. The van der Waals surface area contributed by atoms with Crippen LogP contribution in [0.5, 0.6) is 0 Å². The van der Waals surface area contributed by atoms with Crippen LogP contribution in [0.4, 0.5) is 5.69 Å². The summed E-state index contributed by atoms with van der Waals surface area (Å²) >= 11 is 8.34. The predicted molar refractivity (Wildman–Crippen MR) is 62.3 cm³/mol. The largest absolute Gasteiger partial charge is 0.332 e. The van der Waals surface area contributed by atoms with E-state index in [1.54, 1.807) is 7.05 Å². The van der Waals surface area contributed by atoms with Gasteiger partial charge in [-0.1, -0.05) is 22.0 Å². The molecule has 3 nitrogen and oxygen atoms in total. The van der Waals surface area contributed by atoms with Gasteiger partial charge in [-0.15, -0.1) is 0 Å². The van der Waals surface area contributed by atoms with Crippen molar-refractivity contribution in [2.24, 2.45) is 5.84 Å². The Morgan fingerprint density at radius 2 is 2.31 bits per heavy atom. The number of hydrazine groups is 1. The number of hydrogen-bond acceptors (Lipinski definition) is 2. The van der Waals surface area contributed by atoms with Crippen LogP contribution in [0.25, 0.3) is 0 Å². The second-order valence-electron chi connectivity index (χ2n) is 2.55. The molecular formula is C8H10BrN3S. The molecule has 70 valence electrons. The molecule has 0 spiro atoms. The first kappa shape index (κ1) is 10.4. The Morgan fingerprint density at radius 1 is 1.62 bits per heavy atom. The number of benzene rings is 1. The molecule has 0 atom stereocenters. The molecule has 0 aromatic heterocycles. The average molecular weight is 260 g/mol. The van der Waals surface area contributed by atoms with Crippen LogP contribution in [0.3, 0.4) is 0 Å². The summed E-state index contributed by atoms with van der Waals surface area (Å²) in [6.45, 7) is 0. The number of thiocarbonyl (C=S) groups is 1. The van der Waals surface area contributed by atoms with Gasteiger partial charge in [0.15, 0.2) is 5.11 Å². The zero-order valence-corrected chi connectivity index (χ0v) is 9.52. The van der Waals surface area contributed by atoms with Crippen LogP contribution in [0, 0.1) is 0 Å². The molecule has 1 aromatic carbocycles. The summed E-state index contributed by atoms with van der Waals surface area (Å²) in [5.41, 5.74) is 0.914. The topological polar surface area (TPSA) is 41.3 Å². The van der Waals surface area contributed by atoms with E-state index in [0.29, 0.717) is 5.11 Å². The summed E-state index contributed by atoms with van der Waals surface area (Å²) in [4.78, 5) is 0. The number of nitrogens with zero attached hydrogens (tertiary/aromatic N) is 1. The SMILES string of the molecule is CN(N)C(=S)Nc1cccc(Br)c1. The third-order valence-electron chi connectivity index (χ3n) is 1.40. The molecule has 0 aliphatic rings. The van der Waals surface area contributed by atoms with Crippen molar-refractivity contribution in [1.29, 1.82) is 0 Å². The minimum Gasteiger partial charge on any atom is -0.332 e. The standard InChI is InChI=1S/C8H10BrN3S/c1-12(10)8(13)11-7-4-2-3-6(9)5-7/h2-5H,10H2,1H3,(H,11,13). The van der Waals surface area contributed by atoms with Crippen LogP contribution in [0.15, 0.2) is 28.7 Å². The molecule has 3 N–H and O–H groups in total. The van der Waals surface area contributed by atoms with E-state index < -0.39 is 0 Å². The highest BCUT2D eigenvalue weighted by Crippen LogP contribution is 2.15. The third-order valence-corrected chi connectivity index (χ3v) is 2.28. The van der Waals surface area contributed by atoms with Crippen molar-refractivity contribution in [3.8, 4) is 0 Å². The van der Waals surface area contributed by atoms with E-state index in [9.17, 15) is 0 Å². The fraction of sp³-hybridized carbons (Fsp3) is 0.125. The Kier molecular flexibility index (Phi) is 3.65. The maximum absolute atomic E-state index is 5.44. The molecule has 0 aliphatic carbocycles. The quantitative estimate of drug-likeness (QED) is 0.460. The van der Waals surface area contributed by atoms with Crippen molar-refractivity contribution < 1.29 is 0 Å². The van der Waals surface area contributed by atoms with Gasteiger partial charge >= 0.3 is 0 Å². The van der Waals surface area contributed by atoms with Crippen molar-refractivity contribution in [3.05, 3.63) is 28.7 Å². The average Bonchev–Trinajstić information content (AvgIpc) is 2.04. The monoisotopic (exact) mass is 259 g/mol. The van der Waals surface area contributed by atoms with Crippen LogP contribution in [0.2, 0.25) is 0 Å². The first-order valence-electron chi connectivity index (χ1n) is 3.64. The van der Waals surface area contributed by atoms with Crippen molar-refractivity contribution in [1.82, 2.24) is 5.01 Å². The highest BCUT2D eigenvalue weighted by Gasteiger charge is 1.99. The molecule has 5 heteroatoms. The lowest BCUT2D eigenvalue weighted by Crippen LogP contribution is -2.36. The first-order chi connectivity index (χ1) is 6.09. The molecule has 0 fully saturated rings. The molecule has 1 aromatic rings. The van der Waals surface area contributed by atoms with Crippen molar-refractivity contribution >= 4 is 38.9 Å². The summed E-state index contributed by atoms with van der Waals surface area (Å²) in [6.07, 6.45) is 0. The van der Waals surface area contributed by atoms with Gasteiger partial charge in [-0.05, 0) is 30.4 Å². The van der Waals surface area contributed by atoms with Crippen LogP contribution in [-0.2, 0) is 0 Å². The van der Waals surface area contributed by atoms with E-state index in [1.165, 1.54) is 5.01 Å². The molecular weight excluding hydrogens is 250 g/mol. The minimum atomic E-state index is 0.484. The van der Waals surface area contributed by atoms with Gasteiger partial charge in [-0.2, -0.15) is 0 Å². The summed E-state index contributed by atoms with van der Waals surface area (Å²) < 4.78 is 1.000. The van der Waals surface area contributed by atoms with Crippen LogP contribution in [0.1, 0.15) is 0 Å². The van der Waals surface area contributed by atoms with E-state index in [1.807, 2.05) is 24.3 Å². The lowest BCUT2D eigenvalue weighted by atomic mass is 10.3. The van der Waals surface area contributed by atoms with E-state index in [-0.39, 0.29) is 0 Å². The van der Waals surface area contributed by atoms with Crippen molar-refractivity contribution in [2.75, 3.05) is 12.4 Å². The number of halogens is 1. The molecule has 0 amide bonds. The van der Waals surface area contributed by atoms with Crippen molar-refractivity contribution in [3.63, 3.8) is 0 Å². The highest BCUT2D eigenvalue weighted by molar-refractivity contribution is 9.10. The lowest BCUT2D eigenvalue weighted by molar-refractivity contribution is 0.548. The number of nitrogens with two attached hydrogens (primary N) is 1.